The highest BCUT2D eigenvalue weighted by Gasteiger charge is 2.39. The smallest absolute Gasteiger partial charge is 0.273 e. The van der Waals surface area contributed by atoms with Crippen molar-refractivity contribution in [3.63, 3.8) is 0 Å². The Labute approximate surface area is 220 Å². The first kappa shape index (κ1) is 24.4. The summed E-state index contributed by atoms with van der Waals surface area (Å²) >= 11 is 0. The molecule has 4 aromatic carbocycles. The number of hydrogen-bond donors (Lipinski definition) is 0. The predicted molar refractivity (Wildman–Crippen MR) is 158 cm³/mol. The van der Waals surface area contributed by atoms with Crippen LogP contribution in [0.2, 0.25) is 0 Å². The fourth-order valence-corrected chi connectivity index (χ4v) is 8.73. The molecule has 37 heavy (non-hydrogen) atoms. The lowest BCUT2D eigenvalue weighted by Crippen LogP contribution is -2.66. The van der Waals surface area contributed by atoms with Gasteiger partial charge >= 0.3 is 0 Å². The third kappa shape index (κ3) is 5.15. The number of nitrogens with zero attached hydrogens (tertiary/aromatic N) is 2. The van der Waals surface area contributed by atoms with E-state index in [9.17, 15) is 0 Å². The summed E-state index contributed by atoms with van der Waals surface area (Å²) in [6.45, 7) is 6.29. The van der Waals surface area contributed by atoms with E-state index in [2.05, 4.69) is 124 Å². The van der Waals surface area contributed by atoms with Gasteiger partial charge in [-0.1, -0.05) is 109 Å². The van der Waals surface area contributed by atoms with Gasteiger partial charge in [-0.15, -0.1) is 0 Å². The average molecular weight is 499 g/mol. The summed E-state index contributed by atoms with van der Waals surface area (Å²) in [7, 11) is -2.71. The molecule has 0 bridgehead atoms. The largest absolute Gasteiger partial charge is 0.454 e. The molecule has 5 rings (SSSR count). The third-order valence-electron chi connectivity index (χ3n) is 6.56. The van der Waals surface area contributed by atoms with Gasteiger partial charge in [0.2, 0.25) is 0 Å². The number of benzene rings is 4. The Hall–Kier alpha value is -4.28. The minimum absolute atomic E-state index is 0.701. The van der Waals surface area contributed by atoms with Crippen molar-refractivity contribution in [1.82, 2.24) is 0 Å². The fraction of sp³-hybridized carbons (Fsp3) is 0.0909. The van der Waals surface area contributed by atoms with Crippen LogP contribution in [0.3, 0.4) is 0 Å². The summed E-state index contributed by atoms with van der Waals surface area (Å²) in [5.41, 5.74) is 4.55. The molecule has 0 fully saturated rings. The van der Waals surface area contributed by atoms with Crippen molar-refractivity contribution in [2.45, 2.75) is 20.8 Å². The third-order valence-corrected chi connectivity index (χ3v) is 10.6. The molecule has 182 valence electrons. The molecule has 1 heterocycles. The van der Waals surface area contributed by atoms with Gasteiger partial charge in [-0.2, -0.15) is 0 Å². The van der Waals surface area contributed by atoms with Gasteiger partial charge in [0, 0.05) is 0 Å². The normalized spacial score (nSPS) is 12.0. The standard InChI is InChI=1S/C33H30N2OSi/c1-25-21-26(2)33(27(3)22-25)34-23-28-19-20-29(36-28)24-35-37(30-13-7-4-8-14-30,31-15-9-5-10-16-31)32-17-11-6-12-18-32/h4-24H,1-3H3/b34-23?,35-24+. The number of aryl methyl sites for hydroxylation is 3. The number of aliphatic imine (C=N–C) groups is 1. The lowest BCUT2D eigenvalue weighted by atomic mass is 10.1. The van der Waals surface area contributed by atoms with E-state index in [0.717, 1.165) is 16.8 Å². The Kier molecular flexibility index (Phi) is 7.11. The van der Waals surface area contributed by atoms with Crippen LogP contribution >= 0.6 is 0 Å². The molecule has 1 aromatic heterocycles. The molecule has 0 spiro atoms. The molecule has 0 unspecified atom stereocenters. The zero-order valence-corrected chi connectivity index (χ0v) is 22.4. The van der Waals surface area contributed by atoms with Crippen LogP contribution < -0.4 is 15.6 Å². The Morgan fingerprint density at radius 2 is 1.00 bits per heavy atom. The maximum absolute atomic E-state index is 6.14. The Bertz CT molecular complexity index is 1420. The second-order valence-corrected chi connectivity index (χ2v) is 12.7. The SMILES string of the molecule is Cc1cc(C)c(N=Cc2ccc(/C=N/[Si](c3ccccc3)(c3ccccc3)c3ccccc3)o2)c(C)c1. The quantitative estimate of drug-likeness (QED) is 0.153. The van der Waals surface area contributed by atoms with E-state index in [0.29, 0.717) is 11.5 Å². The van der Waals surface area contributed by atoms with E-state index < -0.39 is 8.24 Å². The molecule has 4 heteroatoms. The monoisotopic (exact) mass is 498 g/mol. The predicted octanol–water partition coefficient (Wildman–Crippen LogP) is 6.04. The maximum Gasteiger partial charge on any atom is 0.273 e. The van der Waals surface area contributed by atoms with Gasteiger partial charge in [0.1, 0.15) is 11.5 Å². The number of hydrogen-bond acceptors (Lipinski definition) is 3. The van der Waals surface area contributed by atoms with E-state index in [-0.39, 0.29) is 0 Å². The first-order valence-corrected chi connectivity index (χ1v) is 14.4. The Balaban J connectivity index is 1.55. The van der Waals surface area contributed by atoms with Gasteiger partial charge in [0.25, 0.3) is 8.24 Å². The van der Waals surface area contributed by atoms with E-state index in [1.165, 1.54) is 21.1 Å². The lowest BCUT2D eigenvalue weighted by molar-refractivity contribution is 0.553. The summed E-state index contributed by atoms with van der Waals surface area (Å²) in [6.07, 6.45) is 3.68. The first-order chi connectivity index (χ1) is 18.1. The molecule has 0 aliphatic rings. The van der Waals surface area contributed by atoms with Crippen LogP contribution in [0.15, 0.2) is 129 Å². The van der Waals surface area contributed by atoms with E-state index in [4.69, 9.17) is 14.1 Å². The summed E-state index contributed by atoms with van der Waals surface area (Å²) in [4.78, 5) is 4.73. The van der Waals surface area contributed by atoms with Crippen molar-refractivity contribution < 1.29 is 4.42 Å². The molecule has 0 amide bonds. The first-order valence-electron chi connectivity index (χ1n) is 12.5. The van der Waals surface area contributed by atoms with Crippen LogP contribution in [0.25, 0.3) is 0 Å². The van der Waals surface area contributed by atoms with Crippen molar-refractivity contribution >= 4 is 41.9 Å². The minimum atomic E-state index is -2.71. The summed E-state index contributed by atoms with van der Waals surface area (Å²) in [6, 6.07) is 40.1. The summed E-state index contributed by atoms with van der Waals surface area (Å²) in [5, 5.41) is 3.67. The van der Waals surface area contributed by atoms with Crippen molar-refractivity contribution in [3.05, 3.63) is 143 Å². The van der Waals surface area contributed by atoms with Crippen molar-refractivity contribution in [3.8, 4) is 0 Å². The molecule has 5 aromatic rings. The molecule has 0 aliphatic heterocycles. The second-order valence-electron chi connectivity index (χ2n) is 9.31. The highest BCUT2D eigenvalue weighted by Crippen LogP contribution is 2.25. The van der Waals surface area contributed by atoms with Crippen molar-refractivity contribution in [2.24, 2.45) is 9.65 Å². The topological polar surface area (TPSA) is 37.9 Å². The summed E-state index contributed by atoms with van der Waals surface area (Å²) < 4.78 is 11.5. The van der Waals surface area contributed by atoms with Crippen LogP contribution in [-0.2, 0) is 0 Å². The molecule has 0 N–H and O–H groups in total. The molecular weight excluding hydrogens is 468 g/mol. The van der Waals surface area contributed by atoms with Gasteiger partial charge in [0.05, 0.1) is 18.1 Å². The fourth-order valence-electron chi connectivity index (χ4n) is 4.93. The average Bonchev–Trinajstić information content (AvgIpc) is 3.38. The van der Waals surface area contributed by atoms with Gasteiger partial charge < -0.3 is 9.08 Å². The van der Waals surface area contributed by atoms with Gasteiger partial charge in [-0.3, -0.25) is 4.99 Å². The van der Waals surface area contributed by atoms with Crippen molar-refractivity contribution in [1.29, 1.82) is 0 Å². The van der Waals surface area contributed by atoms with Crippen LogP contribution in [0.5, 0.6) is 0 Å². The van der Waals surface area contributed by atoms with E-state index in [1.54, 1.807) is 6.21 Å². The minimum Gasteiger partial charge on any atom is -0.454 e. The molecule has 0 saturated heterocycles. The lowest BCUT2D eigenvalue weighted by Gasteiger charge is -2.29. The molecule has 0 saturated carbocycles. The zero-order valence-electron chi connectivity index (χ0n) is 21.4. The number of rotatable bonds is 7. The second kappa shape index (κ2) is 10.8. The van der Waals surface area contributed by atoms with Crippen molar-refractivity contribution in [2.75, 3.05) is 0 Å². The van der Waals surface area contributed by atoms with Gasteiger partial charge in [-0.25, -0.2) is 0 Å². The van der Waals surface area contributed by atoms with Crippen LogP contribution in [0, 0.1) is 20.8 Å². The van der Waals surface area contributed by atoms with Crippen LogP contribution in [-0.4, -0.2) is 20.7 Å². The van der Waals surface area contributed by atoms with Gasteiger partial charge in [-0.05, 0) is 59.6 Å². The highest BCUT2D eigenvalue weighted by atomic mass is 28.3. The van der Waals surface area contributed by atoms with Gasteiger partial charge in [0.15, 0.2) is 0 Å². The summed E-state index contributed by atoms with van der Waals surface area (Å²) in [5.74, 6) is 1.41. The highest BCUT2D eigenvalue weighted by molar-refractivity contribution is 7.10. The Morgan fingerprint density at radius 3 is 1.46 bits per heavy atom. The zero-order chi connectivity index (χ0) is 25.7. The van der Waals surface area contributed by atoms with Crippen LogP contribution in [0.1, 0.15) is 28.2 Å². The molecule has 0 atom stereocenters. The molecular formula is C33H30N2OSi. The Morgan fingerprint density at radius 1 is 0.568 bits per heavy atom. The number of furan rings is 1. The maximum atomic E-state index is 6.14. The van der Waals surface area contributed by atoms with Crippen LogP contribution in [0.4, 0.5) is 5.69 Å². The van der Waals surface area contributed by atoms with E-state index >= 15 is 0 Å². The van der Waals surface area contributed by atoms with E-state index in [1.807, 2.05) is 18.3 Å². The molecule has 0 aliphatic carbocycles. The molecule has 3 nitrogen and oxygen atoms in total. The molecule has 0 radical (unpaired) electrons.